The minimum atomic E-state index is -0.390. The second-order valence-electron chi connectivity index (χ2n) is 7.24. The summed E-state index contributed by atoms with van der Waals surface area (Å²) in [4.78, 5) is 26.9. The van der Waals surface area contributed by atoms with Crippen LogP contribution in [0.2, 0.25) is 0 Å². The van der Waals surface area contributed by atoms with Gasteiger partial charge in [-0.3, -0.25) is 14.5 Å². The van der Waals surface area contributed by atoms with Gasteiger partial charge in [0, 0.05) is 12.2 Å². The van der Waals surface area contributed by atoms with Gasteiger partial charge in [-0.25, -0.2) is 0 Å². The fourth-order valence-electron chi connectivity index (χ4n) is 3.52. The van der Waals surface area contributed by atoms with E-state index in [9.17, 15) is 9.59 Å². The van der Waals surface area contributed by atoms with Gasteiger partial charge in [0.1, 0.15) is 11.0 Å². The molecule has 1 aromatic heterocycles. The Morgan fingerprint density at radius 2 is 1.87 bits per heavy atom. The average molecular weight is 423 g/mol. The quantitative estimate of drug-likeness (QED) is 0.636. The minimum absolute atomic E-state index is 0.272. The molecule has 1 aliphatic rings. The van der Waals surface area contributed by atoms with Crippen LogP contribution in [0.15, 0.2) is 48.5 Å². The first-order chi connectivity index (χ1) is 14.5. The van der Waals surface area contributed by atoms with E-state index in [0.717, 1.165) is 11.1 Å². The average Bonchev–Trinajstić information content (AvgIpc) is 3.23. The van der Waals surface area contributed by atoms with Gasteiger partial charge in [-0.05, 0) is 36.6 Å². The zero-order chi connectivity index (χ0) is 21.1. The van der Waals surface area contributed by atoms with E-state index in [0.29, 0.717) is 30.2 Å². The lowest BCUT2D eigenvalue weighted by Crippen LogP contribution is -2.45. The molecule has 2 aromatic carbocycles. The normalized spacial score (nSPS) is 16.0. The Hall–Kier alpha value is -3.10. The van der Waals surface area contributed by atoms with Crippen molar-refractivity contribution >= 4 is 28.9 Å². The largest absolute Gasteiger partial charge is 0.468 e. The van der Waals surface area contributed by atoms with Gasteiger partial charge in [-0.15, -0.1) is 10.2 Å². The summed E-state index contributed by atoms with van der Waals surface area (Å²) in [6.07, 6.45) is 0.586. The third-order valence-corrected chi connectivity index (χ3v) is 6.03. The summed E-state index contributed by atoms with van der Waals surface area (Å²) in [6, 6.07) is 15.3. The Morgan fingerprint density at radius 1 is 1.13 bits per heavy atom. The number of carbonyl (C=O) groups excluding carboxylic acids is 2. The molecule has 8 heteroatoms. The number of hydrogen-bond acceptors (Lipinski definition) is 7. The fourth-order valence-corrected chi connectivity index (χ4v) is 4.28. The van der Waals surface area contributed by atoms with Crippen molar-refractivity contribution in [3.05, 3.63) is 75.2 Å². The predicted molar refractivity (Wildman–Crippen MR) is 114 cm³/mol. The molecule has 0 bridgehead atoms. The first kappa shape index (κ1) is 20.2. The van der Waals surface area contributed by atoms with Crippen LogP contribution in [0, 0.1) is 6.92 Å². The molecular formula is C22H22N4O3S. The topological polar surface area (TPSA) is 84.4 Å². The van der Waals surface area contributed by atoms with Gasteiger partial charge in [0.2, 0.25) is 5.01 Å². The molecule has 4 rings (SSSR count). The number of nitrogens with zero attached hydrogens (tertiary/aromatic N) is 3. The maximum Gasteiger partial charge on any atom is 0.323 e. The molecule has 2 heterocycles. The van der Waals surface area contributed by atoms with Crippen molar-refractivity contribution in [2.45, 2.75) is 32.5 Å². The Bertz CT molecular complexity index is 1060. The molecular weight excluding hydrogens is 400 g/mol. The lowest BCUT2D eigenvalue weighted by molar-refractivity contribution is -0.148. The number of ether oxygens (including phenoxy) is 1. The number of nitrogens with one attached hydrogen (secondary N) is 1. The predicted octanol–water partition coefficient (Wildman–Crippen LogP) is 3.20. The van der Waals surface area contributed by atoms with Gasteiger partial charge < -0.3 is 10.1 Å². The van der Waals surface area contributed by atoms with Gasteiger partial charge in [-0.2, -0.15) is 0 Å². The number of aromatic nitrogens is 2. The fraction of sp³-hybridized carbons (Fsp3) is 0.273. The Kier molecular flexibility index (Phi) is 5.87. The highest BCUT2D eigenvalue weighted by Gasteiger charge is 2.33. The zero-order valence-electron chi connectivity index (χ0n) is 16.8. The van der Waals surface area contributed by atoms with Gasteiger partial charge in [0.25, 0.3) is 5.91 Å². The summed E-state index contributed by atoms with van der Waals surface area (Å²) in [5.74, 6) is -0.567. The van der Waals surface area contributed by atoms with E-state index in [-0.39, 0.29) is 16.9 Å². The van der Waals surface area contributed by atoms with Crippen LogP contribution >= 0.6 is 11.3 Å². The van der Waals surface area contributed by atoms with Gasteiger partial charge in [0.15, 0.2) is 0 Å². The summed E-state index contributed by atoms with van der Waals surface area (Å²) in [5, 5.41) is 12.0. The van der Waals surface area contributed by atoms with Crippen molar-refractivity contribution in [1.82, 2.24) is 15.1 Å². The lowest BCUT2D eigenvalue weighted by Gasteiger charge is -2.34. The van der Waals surface area contributed by atoms with Crippen molar-refractivity contribution < 1.29 is 14.3 Å². The highest BCUT2D eigenvalue weighted by Crippen LogP contribution is 2.26. The number of rotatable bonds is 5. The Labute approximate surface area is 178 Å². The van der Waals surface area contributed by atoms with Crippen LogP contribution in [0.3, 0.4) is 0 Å². The smallest absolute Gasteiger partial charge is 0.323 e. The molecule has 154 valence electrons. The molecule has 1 amide bonds. The number of methoxy groups -OCH3 is 1. The van der Waals surface area contributed by atoms with Crippen LogP contribution in [0.5, 0.6) is 0 Å². The van der Waals surface area contributed by atoms with E-state index >= 15 is 0 Å². The van der Waals surface area contributed by atoms with Gasteiger partial charge in [-0.1, -0.05) is 53.3 Å². The zero-order valence-corrected chi connectivity index (χ0v) is 17.6. The maximum absolute atomic E-state index is 12.5. The third-order valence-electron chi connectivity index (χ3n) is 5.13. The number of fused-ring (bicyclic) bond motifs is 1. The molecule has 0 spiro atoms. The third kappa shape index (κ3) is 4.39. The molecule has 1 aliphatic heterocycles. The lowest BCUT2D eigenvalue weighted by atomic mass is 9.94. The van der Waals surface area contributed by atoms with Gasteiger partial charge >= 0.3 is 5.97 Å². The second-order valence-corrected chi connectivity index (χ2v) is 8.30. The highest BCUT2D eigenvalue weighted by molar-refractivity contribution is 7.13. The SMILES string of the molecule is COC(=O)C1Cc2ccccc2CN1Cc1nnc(C(=O)Nc2ccc(C)cc2)s1. The number of benzene rings is 2. The Morgan fingerprint density at radius 3 is 2.60 bits per heavy atom. The molecule has 0 radical (unpaired) electrons. The van der Waals surface area contributed by atoms with Crippen LogP contribution in [-0.4, -0.2) is 40.1 Å². The van der Waals surface area contributed by atoms with Gasteiger partial charge in [0.05, 0.1) is 13.7 Å². The number of carbonyl (C=O) groups is 2. The first-order valence-electron chi connectivity index (χ1n) is 9.62. The summed E-state index contributed by atoms with van der Waals surface area (Å²) >= 11 is 1.23. The van der Waals surface area contributed by atoms with Crippen LogP contribution in [0.4, 0.5) is 5.69 Å². The van der Waals surface area contributed by atoms with Crippen LogP contribution < -0.4 is 5.32 Å². The molecule has 0 saturated carbocycles. The number of aryl methyl sites for hydroxylation is 1. The molecule has 30 heavy (non-hydrogen) atoms. The van der Waals surface area contributed by atoms with E-state index in [1.807, 2.05) is 54.3 Å². The first-order valence-corrected chi connectivity index (χ1v) is 10.4. The Balaban J connectivity index is 1.48. The molecule has 3 aromatic rings. The maximum atomic E-state index is 12.5. The van der Waals surface area contributed by atoms with Crippen molar-refractivity contribution in [3.63, 3.8) is 0 Å². The summed E-state index contributed by atoms with van der Waals surface area (Å²) < 4.78 is 5.01. The van der Waals surface area contributed by atoms with Crippen molar-refractivity contribution in [3.8, 4) is 0 Å². The number of amides is 1. The van der Waals surface area contributed by atoms with Crippen LogP contribution in [-0.2, 0) is 29.0 Å². The standard InChI is InChI=1S/C22H22N4O3S/c1-14-7-9-17(10-8-14)23-20(27)21-25-24-19(30-21)13-26-12-16-6-4-3-5-15(16)11-18(26)22(28)29-2/h3-10,18H,11-13H2,1-2H3,(H,23,27). The molecule has 1 N–H and O–H groups in total. The monoisotopic (exact) mass is 422 g/mol. The second kappa shape index (κ2) is 8.73. The minimum Gasteiger partial charge on any atom is -0.468 e. The number of esters is 1. The molecule has 0 saturated heterocycles. The van der Waals surface area contributed by atoms with E-state index < -0.39 is 6.04 Å². The van der Waals surface area contributed by atoms with Crippen molar-refractivity contribution in [2.24, 2.45) is 0 Å². The molecule has 0 aliphatic carbocycles. The molecule has 1 unspecified atom stereocenters. The van der Waals surface area contributed by atoms with E-state index in [2.05, 4.69) is 21.6 Å². The van der Waals surface area contributed by atoms with E-state index in [1.54, 1.807) is 0 Å². The molecule has 1 atom stereocenters. The van der Waals surface area contributed by atoms with E-state index in [4.69, 9.17) is 4.74 Å². The van der Waals surface area contributed by atoms with E-state index in [1.165, 1.54) is 24.0 Å². The summed E-state index contributed by atoms with van der Waals surface area (Å²) in [5.41, 5.74) is 4.16. The number of hydrogen-bond donors (Lipinski definition) is 1. The highest BCUT2D eigenvalue weighted by atomic mass is 32.1. The summed E-state index contributed by atoms with van der Waals surface area (Å²) in [6.45, 7) is 3.02. The molecule has 0 fully saturated rings. The van der Waals surface area contributed by atoms with Crippen LogP contribution in [0.25, 0.3) is 0 Å². The van der Waals surface area contributed by atoms with Crippen LogP contribution in [0.1, 0.15) is 31.5 Å². The molecule has 7 nitrogen and oxygen atoms in total. The number of anilines is 1. The van der Waals surface area contributed by atoms with Crippen molar-refractivity contribution in [2.75, 3.05) is 12.4 Å². The van der Waals surface area contributed by atoms with Crippen molar-refractivity contribution in [1.29, 1.82) is 0 Å². The summed E-state index contributed by atoms with van der Waals surface area (Å²) in [7, 11) is 1.40.